The molecule has 1 amide bonds. The van der Waals surface area contributed by atoms with E-state index in [2.05, 4.69) is 38.1 Å². The summed E-state index contributed by atoms with van der Waals surface area (Å²) >= 11 is 4.76. The number of amides is 1. The molecule has 1 aliphatic rings. The van der Waals surface area contributed by atoms with Gasteiger partial charge in [0, 0.05) is 51.6 Å². The van der Waals surface area contributed by atoms with Crippen molar-refractivity contribution in [1.29, 1.82) is 0 Å². The fraction of sp³-hybridized carbons (Fsp3) is 0.286. The van der Waals surface area contributed by atoms with Gasteiger partial charge in [0.25, 0.3) is 5.91 Å². The van der Waals surface area contributed by atoms with Crippen LogP contribution < -0.4 is 5.32 Å². The lowest BCUT2D eigenvalue weighted by molar-refractivity contribution is -0.123. The molecule has 0 saturated carbocycles. The Morgan fingerprint density at radius 3 is 2.73 bits per heavy atom. The minimum atomic E-state index is -0.995. The van der Waals surface area contributed by atoms with Gasteiger partial charge >= 0.3 is 5.97 Å². The van der Waals surface area contributed by atoms with Crippen LogP contribution in [0.25, 0.3) is 22.2 Å². The highest BCUT2D eigenvalue weighted by atomic mass is 79.9. The first kappa shape index (κ1) is 25.5. The Hall–Kier alpha value is -3.14. The van der Waals surface area contributed by atoms with E-state index in [9.17, 15) is 9.59 Å². The van der Waals surface area contributed by atoms with Gasteiger partial charge in [-0.3, -0.25) is 20.0 Å². The van der Waals surface area contributed by atoms with E-state index >= 15 is 0 Å². The van der Waals surface area contributed by atoms with E-state index < -0.39 is 18.0 Å². The first-order valence-electron chi connectivity index (χ1n) is 12.3. The molecule has 190 valence electrons. The standard InChI is InChI=1S/C28H27BrN4O3S/c1-3-13-33-14-12-23-21(15-33)25(20-6-4-5-7-22(20)30-23)27(35)36-17(2)26(34)32-28-31-24(16-37-28)18-8-10-19(29)11-9-18/h4-11,16-17H,3,12-15H2,1-2H3,(H,31,32,34). The number of carbonyl (C=O) groups excluding carboxylic acids is 2. The van der Waals surface area contributed by atoms with E-state index in [1.54, 1.807) is 6.92 Å². The number of nitrogens with zero attached hydrogens (tertiary/aromatic N) is 3. The van der Waals surface area contributed by atoms with Gasteiger partial charge in [0.1, 0.15) is 0 Å². The van der Waals surface area contributed by atoms with Crippen molar-refractivity contribution in [3.05, 3.63) is 75.2 Å². The van der Waals surface area contributed by atoms with Gasteiger partial charge in [0.15, 0.2) is 11.2 Å². The summed E-state index contributed by atoms with van der Waals surface area (Å²) in [4.78, 5) is 38.1. The highest BCUT2D eigenvalue weighted by Crippen LogP contribution is 2.30. The monoisotopic (exact) mass is 578 g/mol. The van der Waals surface area contributed by atoms with Crippen LogP contribution in [0.3, 0.4) is 0 Å². The lowest BCUT2D eigenvalue weighted by Gasteiger charge is -2.29. The molecule has 0 saturated heterocycles. The molecule has 7 nitrogen and oxygen atoms in total. The minimum Gasteiger partial charge on any atom is -0.449 e. The Morgan fingerprint density at radius 1 is 1.16 bits per heavy atom. The van der Waals surface area contributed by atoms with Crippen molar-refractivity contribution in [3.8, 4) is 11.3 Å². The first-order valence-corrected chi connectivity index (χ1v) is 14.0. The van der Waals surface area contributed by atoms with Crippen molar-refractivity contribution >= 4 is 55.2 Å². The maximum absolute atomic E-state index is 13.5. The summed E-state index contributed by atoms with van der Waals surface area (Å²) in [6.45, 7) is 6.23. The number of halogens is 1. The highest BCUT2D eigenvalue weighted by molar-refractivity contribution is 9.10. The Morgan fingerprint density at radius 2 is 1.95 bits per heavy atom. The molecule has 37 heavy (non-hydrogen) atoms. The van der Waals surface area contributed by atoms with Gasteiger partial charge in [-0.2, -0.15) is 0 Å². The maximum atomic E-state index is 13.5. The van der Waals surface area contributed by atoms with Crippen LogP contribution in [0.5, 0.6) is 0 Å². The molecule has 0 fully saturated rings. The molecule has 3 heterocycles. The number of esters is 1. The predicted molar refractivity (Wildman–Crippen MR) is 150 cm³/mol. The Kier molecular flexibility index (Phi) is 7.64. The topological polar surface area (TPSA) is 84.4 Å². The van der Waals surface area contributed by atoms with Gasteiger partial charge in [-0.05, 0) is 38.1 Å². The van der Waals surface area contributed by atoms with Crippen molar-refractivity contribution in [3.63, 3.8) is 0 Å². The van der Waals surface area contributed by atoms with Crippen LogP contribution in [0.2, 0.25) is 0 Å². The molecule has 0 spiro atoms. The third-order valence-electron chi connectivity index (χ3n) is 6.40. The van der Waals surface area contributed by atoms with Gasteiger partial charge in [0.2, 0.25) is 0 Å². The van der Waals surface area contributed by atoms with Crippen LogP contribution in [0.4, 0.5) is 5.13 Å². The van der Waals surface area contributed by atoms with E-state index in [0.29, 0.717) is 17.2 Å². The molecule has 1 N–H and O–H groups in total. The summed E-state index contributed by atoms with van der Waals surface area (Å²) in [6, 6.07) is 15.4. The number of hydrogen-bond donors (Lipinski definition) is 1. The zero-order valence-corrected chi connectivity index (χ0v) is 23.1. The van der Waals surface area contributed by atoms with Gasteiger partial charge < -0.3 is 4.74 Å². The van der Waals surface area contributed by atoms with Crippen LogP contribution in [-0.2, 0) is 22.5 Å². The second-order valence-electron chi connectivity index (χ2n) is 9.04. The average Bonchev–Trinajstić information content (AvgIpc) is 3.36. The summed E-state index contributed by atoms with van der Waals surface area (Å²) in [5, 5.41) is 5.86. The number of pyridine rings is 1. The Bertz CT molecular complexity index is 1450. The molecule has 2 aromatic carbocycles. The average molecular weight is 580 g/mol. The number of rotatable bonds is 7. The summed E-state index contributed by atoms with van der Waals surface area (Å²) in [7, 11) is 0. The third-order valence-corrected chi connectivity index (χ3v) is 7.68. The number of para-hydroxylation sites is 1. The molecular formula is C28H27BrN4O3S. The number of aromatic nitrogens is 2. The molecule has 2 aromatic heterocycles. The molecule has 5 rings (SSSR count). The number of hydrogen-bond acceptors (Lipinski definition) is 7. The lowest BCUT2D eigenvalue weighted by atomic mass is 9.95. The van der Waals surface area contributed by atoms with Crippen molar-refractivity contribution in [2.75, 3.05) is 18.4 Å². The van der Waals surface area contributed by atoms with Crippen molar-refractivity contribution in [1.82, 2.24) is 14.9 Å². The van der Waals surface area contributed by atoms with E-state index in [0.717, 1.165) is 63.8 Å². The number of nitrogens with one attached hydrogen (secondary N) is 1. The molecule has 1 atom stereocenters. The number of thiazole rings is 1. The molecule has 0 radical (unpaired) electrons. The molecular weight excluding hydrogens is 552 g/mol. The van der Waals surface area contributed by atoms with Crippen LogP contribution in [0.15, 0.2) is 58.4 Å². The molecule has 0 aliphatic carbocycles. The third kappa shape index (κ3) is 5.58. The number of ether oxygens (including phenoxy) is 1. The van der Waals surface area contributed by atoms with Gasteiger partial charge in [-0.1, -0.05) is 53.2 Å². The Labute approximate surface area is 228 Å². The maximum Gasteiger partial charge on any atom is 0.339 e. The molecule has 0 bridgehead atoms. The molecule has 4 aromatic rings. The summed E-state index contributed by atoms with van der Waals surface area (Å²) in [6.07, 6.45) is 0.819. The second kappa shape index (κ2) is 11.1. The van der Waals surface area contributed by atoms with Crippen LogP contribution in [0, 0.1) is 0 Å². The Balaban J connectivity index is 1.34. The molecule has 1 unspecified atom stereocenters. The normalized spacial score (nSPS) is 14.2. The fourth-order valence-corrected chi connectivity index (χ4v) is 5.54. The van der Waals surface area contributed by atoms with Gasteiger partial charge in [-0.15, -0.1) is 11.3 Å². The summed E-state index contributed by atoms with van der Waals surface area (Å²) < 4.78 is 6.70. The summed E-state index contributed by atoms with van der Waals surface area (Å²) in [5.74, 6) is -0.935. The van der Waals surface area contributed by atoms with Crippen molar-refractivity contribution in [2.24, 2.45) is 0 Å². The molecule has 1 aliphatic heterocycles. The lowest BCUT2D eigenvalue weighted by Crippen LogP contribution is -2.34. The molecule has 9 heteroatoms. The number of carbonyl (C=O) groups is 2. The van der Waals surface area contributed by atoms with E-state index in [1.165, 1.54) is 11.3 Å². The highest BCUT2D eigenvalue weighted by Gasteiger charge is 2.28. The van der Waals surface area contributed by atoms with Crippen LogP contribution in [0.1, 0.15) is 41.9 Å². The minimum absolute atomic E-state index is 0.426. The van der Waals surface area contributed by atoms with E-state index in [4.69, 9.17) is 9.72 Å². The van der Waals surface area contributed by atoms with Crippen molar-refractivity contribution < 1.29 is 14.3 Å². The quantitative estimate of drug-likeness (QED) is 0.268. The van der Waals surface area contributed by atoms with Crippen LogP contribution >= 0.6 is 27.3 Å². The summed E-state index contributed by atoms with van der Waals surface area (Å²) in [5.41, 5.74) is 4.81. The smallest absolute Gasteiger partial charge is 0.339 e. The SMILES string of the molecule is CCCN1CCc2nc3ccccc3c(C(=O)OC(C)C(=O)Nc3nc(-c4ccc(Br)cc4)cs3)c2C1. The zero-order valence-electron chi connectivity index (χ0n) is 20.7. The second-order valence-corrected chi connectivity index (χ2v) is 10.8. The number of anilines is 1. The van der Waals surface area contributed by atoms with Crippen molar-refractivity contribution in [2.45, 2.75) is 39.3 Å². The predicted octanol–water partition coefficient (Wildman–Crippen LogP) is 6.07. The van der Waals surface area contributed by atoms with E-state index in [-0.39, 0.29) is 0 Å². The number of benzene rings is 2. The zero-order chi connectivity index (χ0) is 25.9. The first-order chi connectivity index (χ1) is 17.9. The largest absolute Gasteiger partial charge is 0.449 e. The van der Waals surface area contributed by atoms with Gasteiger partial charge in [0.05, 0.1) is 16.8 Å². The van der Waals surface area contributed by atoms with E-state index in [1.807, 2.05) is 53.9 Å². The van der Waals surface area contributed by atoms with Crippen LogP contribution in [-0.4, -0.2) is 45.9 Å². The van der Waals surface area contributed by atoms with Gasteiger partial charge in [-0.25, -0.2) is 9.78 Å². The fourth-order valence-electron chi connectivity index (χ4n) is 4.55. The number of fused-ring (bicyclic) bond motifs is 2.